The van der Waals surface area contributed by atoms with Crippen LogP contribution in [-0.4, -0.2) is 29.4 Å². The van der Waals surface area contributed by atoms with E-state index in [-0.39, 0.29) is 0 Å². The normalized spacial score (nSPS) is 13.5. The third kappa shape index (κ3) is 4.87. The lowest BCUT2D eigenvalue weighted by Crippen LogP contribution is -2.27. The van der Waals surface area contributed by atoms with Gasteiger partial charge in [-0.1, -0.05) is 26.0 Å². The van der Waals surface area contributed by atoms with Crippen molar-refractivity contribution < 1.29 is 8.42 Å². The maximum Gasteiger partial charge on any atom is 0.209 e. The maximum absolute atomic E-state index is 11.5. The summed E-state index contributed by atoms with van der Waals surface area (Å²) in [6, 6.07) is 7.45. The second-order valence-corrected chi connectivity index (χ2v) is 8.13. The minimum Gasteiger partial charge on any atom is -0.216 e. The Morgan fingerprint density at radius 2 is 1.96 bits per heavy atom. The van der Waals surface area contributed by atoms with Crippen LogP contribution >= 0.6 is 0 Å². The molecular weight excluding hydrogens is 312 g/mol. The molecule has 0 aliphatic heterocycles. The van der Waals surface area contributed by atoms with Crippen molar-refractivity contribution in [3.05, 3.63) is 41.5 Å². The number of aromatic nitrogens is 3. The van der Waals surface area contributed by atoms with Crippen molar-refractivity contribution in [2.75, 3.05) is 6.26 Å². The van der Waals surface area contributed by atoms with Crippen molar-refractivity contribution in [2.45, 2.75) is 40.2 Å². The minimum atomic E-state index is -3.32. The third-order valence-corrected chi connectivity index (χ3v) is 4.07. The van der Waals surface area contributed by atoms with E-state index in [0.717, 1.165) is 29.8 Å². The molecule has 0 amide bonds. The van der Waals surface area contributed by atoms with E-state index >= 15 is 0 Å². The van der Waals surface area contributed by atoms with Gasteiger partial charge in [0.2, 0.25) is 10.0 Å². The molecule has 6 nitrogen and oxygen atoms in total. The van der Waals surface area contributed by atoms with Gasteiger partial charge in [-0.3, -0.25) is 0 Å². The fourth-order valence-corrected chi connectivity index (χ4v) is 3.17. The lowest BCUT2D eigenvalue weighted by atomic mass is 10.1. The molecule has 1 aromatic carbocycles. The quantitative estimate of drug-likeness (QED) is 0.878. The summed E-state index contributed by atoms with van der Waals surface area (Å²) in [5.41, 5.74) is 1.99. The SMILES string of the molecule is Cc1cccc(-n2nc(CC(C)C)nc2[C@H](C)NS(C)(=O)=O)c1. The second kappa shape index (κ2) is 6.80. The molecule has 0 saturated carbocycles. The van der Waals surface area contributed by atoms with E-state index in [1.54, 1.807) is 11.6 Å². The summed E-state index contributed by atoms with van der Waals surface area (Å²) in [5, 5.41) is 4.58. The molecule has 0 spiro atoms. The summed E-state index contributed by atoms with van der Waals surface area (Å²) in [6.07, 6.45) is 1.89. The Morgan fingerprint density at radius 1 is 1.26 bits per heavy atom. The van der Waals surface area contributed by atoms with Crippen molar-refractivity contribution in [1.82, 2.24) is 19.5 Å². The smallest absolute Gasteiger partial charge is 0.209 e. The van der Waals surface area contributed by atoms with Gasteiger partial charge in [-0.25, -0.2) is 22.8 Å². The third-order valence-electron chi connectivity index (χ3n) is 3.29. The minimum absolute atomic E-state index is 0.425. The Balaban J connectivity index is 2.48. The molecule has 1 aromatic heterocycles. The zero-order valence-electron chi connectivity index (χ0n) is 14.2. The Hall–Kier alpha value is -1.73. The number of aryl methyl sites for hydroxylation is 1. The molecule has 0 aliphatic carbocycles. The van der Waals surface area contributed by atoms with Crippen LogP contribution in [0.4, 0.5) is 0 Å². The first-order chi connectivity index (χ1) is 10.7. The van der Waals surface area contributed by atoms with Gasteiger partial charge in [-0.2, -0.15) is 5.10 Å². The highest BCUT2D eigenvalue weighted by Gasteiger charge is 2.20. The number of rotatable bonds is 6. The van der Waals surface area contributed by atoms with Gasteiger partial charge >= 0.3 is 0 Å². The molecule has 7 heteroatoms. The van der Waals surface area contributed by atoms with Crippen LogP contribution in [0, 0.1) is 12.8 Å². The van der Waals surface area contributed by atoms with Crippen LogP contribution in [0.3, 0.4) is 0 Å². The number of hydrogen-bond acceptors (Lipinski definition) is 4. The molecule has 2 aromatic rings. The maximum atomic E-state index is 11.5. The molecule has 1 heterocycles. The Labute approximate surface area is 138 Å². The molecule has 1 atom stereocenters. The van der Waals surface area contributed by atoms with E-state index in [1.807, 2.05) is 31.2 Å². The van der Waals surface area contributed by atoms with Crippen LogP contribution in [0.1, 0.15) is 44.0 Å². The number of benzene rings is 1. The van der Waals surface area contributed by atoms with Gasteiger partial charge in [0.25, 0.3) is 0 Å². The summed E-state index contributed by atoms with van der Waals surface area (Å²) >= 11 is 0. The van der Waals surface area contributed by atoms with Gasteiger partial charge in [0, 0.05) is 6.42 Å². The first-order valence-corrected chi connectivity index (χ1v) is 9.55. The molecule has 0 radical (unpaired) electrons. The molecule has 23 heavy (non-hydrogen) atoms. The van der Waals surface area contributed by atoms with Crippen molar-refractivity contribution in [3.8, 4) is 5.69 Å². The van der Waals surface area contributed by atoms with Crippen LogP contribution < -0.4 is 4.72 Å². The first-order valence-electron chi connectivity index (χ1n) is 7.66. The van der Waals surface area contributed by atoms with Crippen molar-refractivity contribution >= 4 is 10.0 Å². The van der Waals surface area contributed by atoms with Gasteiger partial charge in [0.15, 0.2) is 5.82 Å². The molecule has 0 saturated heterocycles. The van der Waals surface area contributed by atoms with E-state index in [0.29, 0.717) is 11.7 Å². The van der Waals surface area contributed by atoms with Crippen LogP contribution in [-0.2, 0) is 16.4 Å². The highest BCUT2D eigenvalue weighted by molar-refractivity contribution is 7.88. The number of hydrogen-bond donors (Lipinski definition) is 1. The topological polar surface area (TPSA) is 76.9 Å². The molecule has 2 rings (SSSR count). The molecule has 0 aliphatic rings. The van der Waals surface area contributed by atoms with Crippen LogP contribution in [0.5, 0.6) is 0 Å². The molecule has 0 fully saturated rings. The van der Waals surface area contributed by atoms with E-state index < -0.39 is 16.1 Å². The molecular formula is C16H24N4O2S. The van der Waals surface area contributed by atoms with Crippen molar-refractivity contribution in [2.24, 2.45) is 5.92 Å². The van der Waals surface area contributed by atoms with Crippen molar-refractivity contribution in [1.29, 1.82) is 0 Å². The lowest BCUT2D eigenvalue weighted by molar-refractivity contribution is 0.560. The average molecular weight is 336 g/mol. The summed E-state index contributed by atoms with van der Waals surface area (Å²) in [5.74, 6) is 1.74. The zero-order valence-corrected chi connectivity index (χ0v) is 15.1. The standard InChI is InChI=1S/C16H24N4O2S/c1-11(2)9-15-17-16(13(4)19-23(5,21)22)20(18-15)14-8-6-7-12(3)10-14/h6-8,10-11,13,19H,9H2,1-5H3/t13-/m0/s1. The van der Waals surface area contributed by atoms with Gasteiger partial charge < -0.3 is 0 Å². The van der Waals surface area contributed by atoms with E-state index in [4.69, 9.17) is 0 Å². The molecule has 0 bridgehead atoms. The van der Waals surface area contributed by atoms with Crippen LogP contribution in [0.25, 0.3) is 5.69 Å². The average Bonchev–Trinajstić information content (AvgIpc) is 2.80. The van der Waals surface area contributed by atoms with Gasteiger partial charge in [-0.15, -0.1) is 0 Å². The number of nitrogens with zero attached hydrogens (tertiary/aromatic N) is 3. The van der Waals surface area contributed by atoms with E-state index in [1.165, 1.54) is 0 Å². The first kappa shape index (κ1) is 17.6. The second-order valence-electron chi connectivity index (χ2n) is 6.35. The van der Waals surface area contributed by atoms with Crippen molar-refractivity contribution in [3.63, 3.8) is 0 Å². The predicted molar refractivity (Wildman–Crippen MR) is 91.0 cm³/mol. The van der Waals surface area contributed by atoms with Gasteiger partial charge in [0.05, 0.1) is 18.0 Å². The van der Waals surface area contributed by atoms with Gasteiger partial charge in [0.1, 0.15) is 5.82 Å². The highest BCUT2D eigenvalue weighted by atomic mass is 32.2. The Morgan fingerprint density at radius 3 is 2.52 bits per heavy atom. The fourth-order valence-electron chi connectivity index (χ4n) is 2.42. The predicted octanol–water partition coefficient (Wildman–Crippen LogP) is 2.38. The molecule has 126 valence electrons. The Kier molecular flexibility index (Phi) is 5.21. The number of sulfonamides is 1. The zero-order chi connectivity index (χ0) is 17.2. The summed E-state index contributed by atoms with van der Waals surface area (Å²) in [6.45, 7) is 7.99. The largest absolute Gasteiger partial charge is 0.216 e. The lowest BCUT2D eigenvalue weighted by Gasteiger charge is -2.13. The fraction of sp³-hybridized carbons (Fsp3) is 0.500. The van der Waals surface area contributed by atoms with Crippen LogP contribution in [0.2, 0.25) is 0 Å². The van der Waals surface area contributed by atoms with Crippen LogP contribution in [0.15, 0.2) is 24.3 Å². The Bertz CT molecular complexity index is 781. The van der Waals surface area contributed by atoms with E-state index in [9.17, 15) is 8.42 Å². The van der Waals surface area contributed by atoms with E-state index in [2.05, 4.69) is 28.7 Å². The summed E-state index contributed by atoms with van der Waals surface area (Å²) in [4.78, 5) is 4.57. The highest BCUT2D eigenvalue weighted by Crippen LogP contribution is 2.19. The molecule has 1 N–H and O–H groups in total. The summed E-state index contributed by atoms with van der Waals surface area (Å²) < 4.78 is 27.4. The number of nitrogens with one attached hydrogen (secondary N) is 1. The van der Waals surface area contributed by atoms with Gasteiger partial charge in [-0.05, 0) is 37.5 Å². The summed E-state index contributed by atoms with van der Waals surface area (Å²) in [7, 11) is -3.32. The molecule has 0 unspecified atom stereocenters. The monoisotopic (exact) mass is 336 g/mol.